The molecule has 5 heteroatoms. The third kappa shape index (κ3) is 3.16. The number of hydrogen-bond donors (Lipinski definition) is 1. The molecule has 0 unspecified atom stereocenters. The van der Waals surface area contributed by atoms with Crippen molar-refractivity contribution in [1.29, 1.82) is 0 Å². The standard InChI is InChI=1S/C20H26N2O3/c1-13-6-17(2-3-18(13)22(24)25)19(23)21-5-4-20-10-14-7-15(11-20)9-16(8-14)12-20/h2-3,6,14-16H,4-5,7-12H2,1H3,(H,21,23). The Balaban J connectivity index is 1.35. The van der Waals surface area contributed by atoms with Crippen LogP contribution >= 0.6 is 0 Å². The van der Waals surface area contributed by atoms with Crippen LogP contribution in [0.15, 0.2) is 18.2 Å². The monoisotopic (exact) mass is 342 g/mol. The molecular formula is C20H26N2O3. The molecule has 0 heterocycles. The summed E-state index contributed by atoms with van der Waals surface area (Å²) in [5.41, 5.74) is 1.56. The fourth-order valence-electron chi connectivity index (χ4n) is 6.14. The second-order valence-electron chi connectivity index (χ2n) is 8.68. The molecule has 4 bridgehead atoms. The van der Waals surface area contributed by atoms with E-state index in [1.807, 2.05) is 0 Å². The van der Waals surface area contributed by atoms with Gasteiger partial charge in [-0.05, 0) is 87.2 Å². The first-order valence-electron chi connectivity index (χ1n) is 9.47. The normalized spacial score (nSPS) is 32.6. The van der Waals surface area contributed by atoms with Crippen LogP contribution in [-0.2, 0) is 0 Å². The van der Waals surface area contributed by atoms with Crippen LogP contribution in [0.25, 0.3) is 0 Å². The van der Waals surface area contributed by atoms with Crippen LogP contribution in [-0.4, -0.2) is 17.4 Å². The molecule has 5 nitrogen and oxygen atoms in total. The van der Waals surface area contributed by atoms with Crippen molar-refractivity contribution in [2.24, 2.45) is 23.2 Å². The molecule has 134 valence electrons. The first-order valence-corrected chi connectivity index (χ1v) is 9.47. The quantitative estimate of drug-likeness (QED) is 0.642. The molecule has 0 radical (unpaired) electrons. The third-order valence-corrected chi connectivity index (χ3v) is 6.76. The molecule has 0 atom stereocenters. The van der Waals surface area contributed by atoms with Crippen molar-refractivity contribution in [3.8, 4) is 0 Å². The minimum absolute atomic E-state index is 0.0603. The molecule has 1 amide bonds. The summed E-state index contributed by atoms with van der Waals surface area (Å²) >= 11 is 0. The summed E-state index contributed by atoms with van der Waals surface area (Å²) in [6.07, 6.45) is 9.45. The molecule has 25 heavy (non-hydrogen) atoms. The van der Waals surface area contributed by atoms with Gasteiger partial charge in [0.05, 0.1) is 4.92 Å². The van der Waals surface area contributed by atoms with Crippen molar-refractivity contribution in [2.75, 3.05) is 6.54 Å². The second kappa shape index (κ2) is 6.11. The van der Waals surface area contributed by atoms with Gasteiger partial charge in [-0.1, -0.05) is 0 Å². The highest BCUT2D eigenvalue weighted by Gasteiger charge is 2.50. The molecule has 1 aromatic rings. The van der Waals surface area contributed by atoms with Gasteiger partial charge in [0.1, 0.15) is 0 Å². The van der Waals surface area contributed by atoms with Crippen LogP contribution in [0.3, 0.4) is 0 Å². The SMILES string of the molecule is Cc1cc(C(=O)NCCC23CC4CC(CC(C4)C2)C3)ccc1[N+](=O)[O-]. The molecule has 0 aliphatic heterocycles. The van der Waals surface area contributed by atoms with Gasteiger partial charge in [-0.25, -0.2) is 0 Å². The van der Waals surface area contributed by atoms with E-state index in [1.54, 1.807) is 19.1 Å². The number of nitrogens with zero attached hydrogens (tertiary/aromatic N) is 1. The van der Waals surface area contributed by atoms with Crippen molar-refractivity contribution < 1.29 is 9.72 Å². The van der Waals surface area contributed by atoms with Gasteiger partial charge in [-0.15, -0.1) is 0 Å². The van der Waals surface area contributed by atoms with E-state index in [2.05, 4.69) is 5.32 Å². The van der Waals surface area contributed by atoms with Gasteiger partial charge in [-0.2, -0.15) is 0 Å². The number of nitro groups is 1. The number of hydrogen-bond acceptors (Lipinski definition) is 3. The number of aryl methyl sites for hydroxylation is 1. The van der Waals surface area contributed by atoms with E-state index in [4.69, 9.17) is 0 Å². The molecule has 4 aliphatic carbocycles. The van der Waals surface area contributed by atoms with E-state index in [0.717, 1.165) is 24.2 Å². The Morgan fingerprint density at radius 1 is 1.20 bits per heavy atom. The Hall–Kier alpha value is -1.91. The van der Waals surface area contributed by atoms with Crippen LogP contribution in [0.5, 0.6) is 0 Å². The fraction of sp³-hybridized carbons (Fsp3) is 0.650. The van der Waals surface area contributed by atoms with Crippen LogP contribution in [0.4, 0.5) is 5.69 Å². The summed E-state index contributed by atoms with van der Waals surface area (Å²) in [6.45, 7) is 2.38. The zero-order valence-electron chi connectivity index (χ0n) is 14.8. The van der Waals surface area contributed by atoms with Crippen LogP contribution in [0.2, 0.25) is 0 Å². The Kier molecular flexibility index (Phi) is 4.05. The molecular weight excluding hydrogens is 316 g/mol. The lowest BCUT2D eigenvalue weighted by atomic mass is 9.49. The largest absolute Gasteiger partial charge is 0.352 e. The number of benzene rings is 1. The highest BCUT2D eigenvalue weighted by Crippen LogP contribution is 2.61. The topological polar surface area (TPSA) is 72.2 Å². The number of carbonyl (C=O) groups excluding carboxylic acids is 1. The van der Waals surface area contributed by atoms with Gasteiger partial charge < -0.3 is 5.32 Å². The van der Waals surface area contributed by atoms with Gasteiger partial charge in [-0.3, -0.25) is 14.9 Å². The second-order valence-corrected chi connectivity index (χ2v) is 8.68. The molecule has 0 aromatic heterocycles. The predicted octanol–water partition coefficient (Wildman–Crippen LogP) is 4.24. The Morgan fingerprint density at radius 2 is 1.80 bits per heavy atom. The maximum absolute atomic E-state index is 12.4. The fourth-order valence-corrected chi connectivity index (χ4v) is 6.14. The number of carbonyl (C=O) groups is 1. The summed E-state index contributed by atoms with van der Waals surface area (Å²) in [5.74, 6) is 2.67. The number of rotatable bonds is 5. The molecule has 4 fully saturated rings. The van der Waals surface area contributed by atoms with E-state index in [1.165, 1.54) is 44.6 Å². The highest BCUT2D eigenvalue weighted by molar-refractivity contribution is 5.94. The number of nitrogens with one attached hydrogen (secondary N) is 1. The van der Waals surface area contributed by atoms with E-state index < -0.39 is 4.92 Å². The summed E-state index contributed by atoms with van der Waals surface area (Å²) in [5, 5.41) is 13.9. The number of nitro benzene ring substituents is 1. The van der Waals surface area contributed by atoms with Crippen LogP contribution in [0.1, 0.15) is 60.9 Å². The van der Waals surface area contributed by atoms with E-state index in [0.29, 0.717) is 23.1 Å². The van der Waals surface area contributed by atoms with Crippen molar-refractivity contribution in [3.05, 3.63) is 39.4 Å². The first kappa shape index (κ1) is 16.6. The van der Waals surface area contributed by atoms with Crippen molar-refractivity contribution in [1.82, 2.24) is 5.32 Å². The van der Waals surface area contributed by atoms with E-state index >= 15 is 0 Å². The van der Waals surface area contributed by atoms with Gasteiger partial charge in [0, 0.05) is 23.7 Å². The lowest BCUT2D eigenvalue weighted by Crippen LogP contribution is -2.47. The lowest BCUT2D eigenvalue weighted by Gasteiger charge is -2.57. The molecule has 0 spiro atoms. The molecule has 0 saturated heterocycles. The zero-order valence-corrected chi connectivity index (χ0v) is 14.8. The summed E-state index contributed by atoms with van der Waals surface area (Å²) < 4.78 is 0. The average molecular weight is 342 g/mol. The first-order chi connectivity index (χ1) is 11.9. The van der Waals surface area contributed by atoms with Gasteiger partial charge >= 0.3 is 0 Å². The summed E-state index contributed by atoms with van der Waals surface area (Å²) in [4.78, 5) is 22.9. The van der Waals surface area contributed by atoms with Gasteiger partial charge in [0.2, 0.25) is 0 Å². The lowest BCUT2D eigenvalue weighted by molar-refractivity contribution is -0.385. The van der Waals surface area contributed by atoms with Crippen molar-refractivity contribution >= 4 is 11.6 Å². The number of amides is 1. The molecule has 5 rings (SSSR count). The third-order valence-electron chi connectivity index (χ3n) is 6.76. The summed E-state index contributed by atoms with van der Waals surface area (Å²) in [6, 6.07) is 4.58. The predicted molar refractivity (Wildman–Crippen MR) is 95.4 cm³/mol. The van der Waals surface area contributed by atoms with Gasteiger partial charge in [0.25, 0.3) is 11.6 Å². The molecule has 4 saturated carbocycles. The molecule has 1 N–H and O–H groups in total. The maximum atomic E-state index is 12.4. The Morgan fingerprint density at radius 3 is 2.32 bits per heavy atom. The van der Waals surface area contributed by atoms with E-state index in [-0.39, 0.29) is 11.6 Å². The van der Waals surface area contributed by atoms with Crippen molar-refractivity contribution in [3.63, 3.8) is 0 Å². The van der Waals surface area contributed by atoms with Crippen LogP contribution < -0.4 is 5.32 Å². The van der Waals surface area contributed by atoms with Crippen LogP contribution in [0, 0.1) is 40.2 Å². The maximum Gasteiger partial charge on any atom is 0.272 e. The van der Waals surface area contributed by atoms with Gasteiger partial charge in [0.15, 0.2) is 0 Å². The minimum atomic E-state index is -0.413. The van der Waals surface area contributed by atoms with E-state index in [9.17, 15) is 14.9 Å². The molecule has 1 aromatic carbocycles. The van der Waals surface area contributed by atoms with Crippen molar-refractivity contribution in [2.45, 2.75) is 51.9 Å². The highest BCUT2D eigenvalue weighted by atomic mass is 16.6. The minimum Gasteiger partial charge on any atom is -0.352 e. The zero-order chi connectivity index (χ0) is 17.6. The Bertz CT molecular complexity index is 678. The average Bonchev–Trinajstić information content (AvgIpc) is 2.52. The summed E-state index contributed by atoms with van der Waals surface area (Å²) in [7, 11) is 0. The Labute approximate surface area is 148 Å². The smallest absolute Gasteiger partial charge is 0.272 e. The molecule has 4 aliphatic rings.